The lowest BCUT2D eigenvalue weighted by molar-refractivity contribution is -0.141. The average molecular weight is 262 g/mol. The summed E-state index contributed by atoms with van der Waals surface area (Å²) in [7, 11) is 0. The van der Waals surface area contributed by atoms with Crippen molar-refractivity contribution in [3.63, 3.8) is 0 Å². The molecule has 0 radical (unpaired) electrons. The van der Waals surface area contributed by atoms with E-state index in [0.717, 1.165) is 0 Å². The Bertz CT molecular complexity index is 309. The van der Waals surface area contributed by atoms with Crippen molar-refractivity contribution in [1.29, 1.82) is 0 Å². The maximum Gasteiger partial charge on any atom is 0.328 e. The van der Waals surface area contributed by atoms with E-state index in [-0.39, 0.29) is 19.8 Å². The molecule has 104 valence electrons. The van der Waals surface area contributed by atoms with Crippen LogP contribution in [0.4, 0.5) is 4.79 Å². The van der Waals surface area contributed by atoms with Gasteiger partial charge >= 0.3 is 12.0 Å². The van der Waals surface area contributed by atoms with Gasteiger partial charge in [-0.2, -0.15) is 0 Å². The van der Waals surface area contributed by atoms with Crippen molar-refractivity contribution >= 4 is 12.0 Å². The zero-order valence-electron chi connectivity index (χ0n) is 10.1. The van der Waals surface area contributed by atoms with Gasteiger partial charge in [-0.15, -0.1) is 0 Å². The zero-order chi connectivity index (χ0) is 13.7. The number of hydrogen-bond donors (Lipinski definition) is 4. The normalized spacial score (nSPS) is 23.3. The van der Waals surface area contributed by atoms with Crippen LogP contribution in [0.1, 0.15) is 6.92 Å². The summed E-state index contributed by atoms with van der Waals surface area (Å²) in [5, 5.41) is 29.4. The van der Waals surface area contributed by atoms with Gasteiger partial charge in [0.25, 0.3) is 0 Å². The van der Waals surface area contributed by atoms with Crippen LogP contribution in [0, 0.1) is 0 Å². The summed E-state index contributed by atoms with van der Waals surface area (Å²) in [6.07, 6.45) is -1.21. The Kier molecular flexibility index (Phi) is 5.32. The van der Waals surface area contributed by atoms with Crippen LogP contribution in [0.2, 0.25) is 0 Å². The van der Waals surface area contributed by atoms with Crippen LogP contribution >= 0.6 is 0 Å². The van der Waals surface area contributed by atoms with Gasteiger partial charge in [-0.3, -0.25) is 0 Å². The van der Waals surface area contributed by atoms with Gasteiger partial charge in [0, 0.05) is 6.54 Å². The summed E-state index contributed by atoms with van der Waals surface area (Å²) in [6.45, 7) is 1.82. The van der Waals surface area contributed by atoms with Crippen molar-refractivity contribution in [2.45, 2.75) is 25.1 Å². The number of urea groups is 1. The molecule has 0 aromatic heterocycles. The second-order valence-electron chi connectivity index (χ2n) is 4.11. The number of carbonyl (C=O) groups excluding carboxylic acids is 1. The number of carboxylic acid groups (broad SMARTS) is 1. The van der Waals surface area contributed by atoms with Gasteiger partial charge in [-0.05, 0) is 6.92 Å². The molecule has 0 aromatic carbocycles. The molecule has 0 aromatic rings. The van der Waals surface area contributed by atoms with Gasteiger partial charge in [0.1, 0.15) is 0 Å². The minimum atomic E-state index is -1.38. The van der Waals surface area contributed by atoms with E-state index < -0.39 is 30.2 Å². The SMILES string of the molecule is CC(O)C(NC(=O)N1CCOCC1CO)C(=O)O. The number of amides is 2. The molecule has 0 saturated carbocycles. The van der Waals surface area contributed by atoms with Gasteiger partial charge < -0.3 is 30.3 Å². The predicted molar refractivity (Wildman–Crippen MR) is 60.0 cm³/mol. The molecule has 4 N–H and O–H groups in total. The molecule has 0 bridgehead atoms. The van der Waals surface area contributed by atoms with Gasteiger partial charge in [0.2, 0.25) is 0 Å². The van der Waals surface area contributed by atoms with Crippen LogP contribution in [0.3, 0.4) is 0 Å². The number of carbonyl (C=O) groups is 2. The topological polar surface area (TPSA) is 119 Å². The summed E-state index contributed by atoms with van der Waals surface area (Å²) in [5.74, 6) is -1.31. The average Bonchev–Trinajstić information content (AvgIpc) is 2.34. The second kappa shape index (κ2) is 6.53. The van der Waals surface area contributed by atoms with E-state index in [2.05, 4.69) is 5.32 Å². The summed E-state index contributed by atoms with van der Waals surface area (Å²) in [5.41, 5.74) is 0. The highest BCUT2D eigenvalue weighted by atomic mass is 16.5. The van der Waals surface area contributed by atoms with E-state index in [9.17, 15) is 14.7 Å². The lowest BCUT2D eigenvalue weighted by Crippen LogP contribution is -2.58. The van der Waals surface area contributed by atoms with Gasteiger partial charge in [0.05, 0.1) is 32.0 Å². The molecule has 1 fully saturated rings. The molecule has 18 heavy (non-hydrogen) atoms. The number of morpholine rings is 1. The van der Waals surface area contributed by atoms with Gasteiger partial charge in [-0.25, -0.2) is 9.59 Å². The lowest BCUT2D eigenvalue weighted by Gasteiger charge is -2.35. The van der Waals surface area contributed by atoms with E-state index in [0.29, 0.717) is 6.61 Å². The Labute approximate surface area is 104 Å². The molecule has 0 spiro atoms. The van der Waals surface area contributed by atoms with Gasteiger partial charge in [-0.1, -0.05) is 0 Å². The molecule has 8 nitrogen and oxygen atoms in total. The molecular weight excluding hydrogens is 244 g/mol. The fourth-order valence-electron chi connectivity index (χ4n) is 1.68. The van der Waals surface area contributed by atoms with E-state index >= 15 is 0 Å². The first-order valence-electron chi connectivity index (χ1n) is 5.64. The van der Waals surface area contributed by atoms with Crippen molar-refractivity contribution in [3.8, 4) is 0 Å². The molecule has 3 atom stereocenters. The van der Waals surface area contributed by atoms with Crippen molar-refractivity contribution in [1.82, 2.24) is 10.2 Å². The fraction of sp³-hybridized carbons (Fsp3) is 0.800. The van der Waals surface area contributed by atoms with E-state index in [4.69, 9.17) is 14.9 Å². The number of nitrogens with zero attached hydrogens (tertiary/aromatic N) is 1. The van der Waals surface area contributed by atoms with Crippen LogP contribution in [0.5, 0.6) is 0 Å². The van der Waals surface area contributed by atoms with Crippen molar-refractivity contribution in [2.24, 2.45) is 0 Å². The first-order chi connectivity index (χ1) is 8.47. The third-order valence-electron chi connectivity index (χ3n) is 2.73. The Hall–Kier alpha value is -1.38. The number of hydrogen-bond acceptors (Lipinski definition) is 5. The molecule has 8 heteroatoms. The minimum absolute atomic E-state index is 0.205. The van der Waals surface area contributed by atoms with Crippen LogP contribution in [0.15, 0.2) is 0 Å². The third kappa shape index (κ3) is 3.56. The van der Waals surface area contributed by atoms with Crippen LogP contribution in [0.25, 0.3) is 0 Å². The van der Waals surface area contributed by atoms with E-state index in [1.165, 1.54) is 11.8 Å². The Morgan fingerprint density at radius 3 is 2.72 bits per heavy atom. The highest BCUT2D eigenvalue weighted by Crippen LogP contribution is 2.07. The Morgan fingerprint density at radius 1 is 1.56 bits per heavy atom. The maximum absolute atomic E-state index is 11.9. The van der Waals surface area contributed by atoms with Crippen molar-refractivity contribution < 1.29 is 29.6 Å². The van der Waals surface area contributed by atoms with Crippen molar-refractivity contribution in [2.75, 3.05) is 26.4 Å². The largest absolute Gasteiger partial charge is 0.480 e. The quantitative estimate of drug-likeness (QED) is 0.475. The summed E-state index contributed by atoms with van der Waals surface area (Å²) < 4.78 is 5.11. The van der Waals surface area contributed by atoms with Crippen molar-refractivity contribution in [3.05, 3.63) is 0 Å². The summed E-state index contributed by atoms with van der Waals surface area (Å²) in [6, 6.07) is -2.51. The number of aliphatic hydroxyl groups excluding tert-OH is 2. The van der Waals surface area contributed by atoms with E-state index in [1.807, 2.05) is 0 Å². The number of aliphatic carboxylic acids is 1. The molecule has 1 heterocycles. The summed E-state index contributed by atoms with van der Waals surface area (Å²) >= 11 is 0. The number of nitrogens with one attached hydrogen (secondary N) is 1. The molecule has 1 aliphatic rings. The smallest absolute Gasteiger partial charge is 0.328 e. The number of rotatable bonds is 4. The Balaban J connectivity index is 2.64. The zero-order valence-corrected chi connectivity index (χ0v) is 10.1. The molecule has 0 aliphatic carbocycles. The standard InChI is InChI=1S/C10H18N2O6/c1-6(14)8(9(15)16)11-10(17)12-2-3-18-5-7(12)4-13/h6-8,13-14H,2-5H2,1H3,(H,11,17)(H,15,16). The molecule has 1 aliphatic heterocycles. The summed E-state index contributed by atoms with van der Waals surface area (Å²) in [4.78, 5) is 24.0. The molecular formula is C10H18N2O6. The first-order valence-corrected chi connectivity index (χ1v) is 5.64. The highest BCUT2D eigenvalue weighted by Gasteiger charge is 2.31. The molecule has 1 rings (SSSR count). The van der Waals surface area contributed by atoms with E-state index in [1.54, 1.807) is 0 Å². The number of ether oxygens (including phenoxy) is 1. The minimum Gasteiger partial charge on any atom is -0.480 e. The number of carboxylic acids is 1. The second-order valence-corrected chi connectivity index (χ2v) is 4.11. The Morgan fingerprint density at radius 2 is 2.22 bits per heavy atom. The van der Waals surface area contributed by atoms with Gasteiger partial charge in [0.15, 0.2) is 6.04 Å². The van der Waals surface area contributed by atoms with Crippen LogP contribution in [-0.2, 0) is 9.53 Å². The highest BCUT2D eigenvalue weighted by molar-refractivity contribution is 5.83. The predicted octanol–water partition coefficient (Wildman–Crippen LogP) is -1.78. The van der Waals surface area contributed by atoms with Crippen LogP contribution < -0.4 is 5.32 Å². The number of aliphatic hydroxyl groups is 2. The third-order valence-corrected chi connectivity index (χ3v) is 2.73. The lowest BCUT2D eigenvalue weighted by atomic mass is 10.2. The molecule has 1 saturated heterocycles. The maximum atomic E-state index is 11.9. The molecule has 3 unspecified atom stereocenters. The van der Waals surface area contributed by atoms with Crippen LogP contribution in [-0.4, -0.2) is 76.8 Å². The molecule has 2 amide bonds. The first kappa shape index (κ1) is 14.7. The monoisotopic (exact) mass is 262 g/mol. The fourth-order valence-corrected chi connectivity index (χ4v) is 1.68.